The lowest BCUT2D eigenvalue weighted by Gasteiger charge is -2.06. The van der Waals surface area contributed by atoms with E-state index in [1.807, 2.05) is 0 Å². The summed E-state index contributed by atoms with van der Waals surface area (Å²) >= 11 is 0. The number of rotatable bonds is 3. The molecule has 15 heavy (non-hydrogen) atoms. The highest BCUT2D eigenvalue weighted by molar-refractivity contribution is 6.10. The van der Waals surface area contributed by atoms with Crippen molar-refractivity contribution in [2.24, 2.45) is 0 Å². The van der Waals surface area contributed by atoms with E-state index in [2.05, 4.69) is 0 Å². The molecular formula is C10H8F3NO. The van der Waals surface area contributed by atoms with Crippen molar-refractivity contribution < 1.29 is 18.0 Å². The van der Waals surface area contributed by atoms with Crippen molar-refractivity contribution in [3.05, 3.63) is 35.9 Å². The van der Waals surface area contributed by atoms with Crippen LogP contribution < -0.4 is 0 Å². The number of Topliss-reactive ketones (excluding diaryl/α,β-unsaturated/α-hetero) is 1. The molecule has 0 atom stereocenters. The Morgan fingerprint density at radius 3 is 2.20 bits per heavy atom. The lowest BCUT2D eigenvalue weighted by Crippen LogP contribution is -2.24. The summed E-state index contributed by atoms with van der Waals surface area (Å²) in [4.78, 5) is 11.3. The minimum Gasteiger partial charge on any atom is -0.300 e. The van der Waals surface area contributed by atoms with E-state index >= 15 is 0 Å². The fourth-order valence-corrected chi connectivity index (χ4v) is 0.987. The molecule has 0 aromatic heterocycles. The minimum atomic E-state index is -4.72. The number of halogens is 3. The van der Waals surface area contributed by atoms with E-state index in [0.717, 1.165) is 0 Å². The number of hydrogen-bond acceptors (Lipinski definition) is 2. The lowest BCUT2D eigenvalue weighted by atomic mass is 10.1. The molecule has 1 aromatic rings. The normalized spacial score (nSPS) is 11.1. The van der Waals surface area contributed by atoms with Crippen molar-refractivity contribution in [1.29, 1.82) is 5.41 Å². The van der Waals surface area contributed by atoms with Gasteiger partial charge in [0, 0.05) is 5.56 Å². The van der Waals surface area contributed by atoms with E-state index in [0.29, 0.717) is 0 Å². The Morgan fingerprint density at radius 2 is 1.73 bits per heavy atom. The standard InChI is InChI=1S/C10H8F3NO/c11-10(12,13)9(14)6-8(15)7-4-2-1-3-5-7/h1-5,14H,6H2. The number of carbonyl (C=O) groups excluding carboxylic acids is 1. The van der Waals surface area contributed by atoms with Crippen LogP contribution >= 0.6 is 0 Å². The summed E-state index contributed by atoms with van der Waals surface area (Å²) in [7, 11) is 0. The average molecular weight is 215 g/mol. The van der Waals surface area contributed by atoms with Crippen molar-refractivity contribution in [2.75, 3.05) is 0 Å². The van der Waals surface area contributed by atoms with Gasteiger partial charge >= 0.3 is 6.18 Å². The third-order valence-corrected chi connectivity index (χ3v) is 1.78. The molecule has 80 valence electrons. The quantitative estimate of drug-likeness (QED) is 0.611. The summed E-state index contributed by atoms with van der Waals surface area (Å²) in [5.41, 5.74) is -1.33. The number of hydrogen-bond donors (Lipinski definition) is 1. The molecule has 0 unspecified atom stereocenters. The second-order valence-corrected chi connectivity index (χ2v) is 2.94. The van der Waals surface area contributed by atoms with Crippen LogP contribution in [-0.4, -0.2) is 17.7 Å². The molecule has 1 rings (SSSR count). The molecule has 0 aliphatic heterocycles. The monoisotopic (exact) mass is 215 g/mol. The van der Waals surface area contributed by atoms with E-state index in [1.165, 1.54) is 12.1 Å². The number of ketones is 1. The first-order valence-electron chi connectivity index (χ1n) is 4.14. The molecule has 1 N–H and O–H groups in total. The van der Waals surface area contributed by atoms with Gasteiger partial charge in [-0.15, -0.1) is 0 Å². The van der Waals surface area contributed by atoms with Crippen LogP contribution in [0.1, 0.15) is 16.8 Å². The van der Waals surface area contributed by atoms with Gasteiger partial charge in [-0.25, -0.2) is 0 Å². The van der Waals surface area contributed by atoms with Crippen LogP contribution in [0.3, 0.4) is 0 Å². The molecule has 5 heteroatoms. The van der Waals surface area contributed by atoms with Gasteiger partial charge in [-0.2, -0.15) is 13.2 Å². The number of carbonyl (C=O) groups is 1. The van der Waals surface area contributed by atoms with Crippen molar-refractivity contribution in [3.8, 4) is 0 Å². The maximum absolute atomic E-state index is 11.9. The number of alkyl halides is 3. The van der Waals surface area contributed by atoms with Crippen LogP contribution in [0.25, 0.3) is 0 Å². The van der Waals surface area contributed by atoms with Crippen LogP contribution in [0.15, 0.2) is 30.3 Å². The SMILES string of the molecule is N=C(CC(=O)c1ccccc1)C(F)(F)F. The van der Waals surface area contributed by atoms with Gasteiger partial charge in [-0.1, -0.05) is 30.3 Å². The average Bonchev–Trinajstić information content (AvgIpc) is 2.17. The van der Waals surface area contributed by atoms with Gasteiger partial charge in [0.15, 0.2) is 5.78 Å². The molecule has 0 fully saturated rings. The van der Waals surface area contributed by atoms with Crippen molar-refractivity contribution in [3.63, 3.8) is 0 Å². The molecule has 0 saturated heterocycles. The van der Waals surface area contributed by atoms with E-state index in [1.54, 1.807) is 18.2 Å². The predicted molar refractivity (Wildman–Crippen MR) is 49.2 cm³/mol. The Kier molecular flexibility index (Phi) is 3.24. The van der Waals surface area contributed by atoms with Crippen LogP contribution in [0.2, 0.25) is 0 Å². The Morgan fingerprint density at radius 1 is 1.20 bits per heavy atom. The summed E-state index contributed by atoms with van der Waals surface area (Å²) in [5, 5.41) is 6.67. The molecule has 0 bridgehead atoms. The van der Waals surface area contributed by atoms with E-state index < -0.39 is 24.1 Å². The fourth-order valence-electron chi connectivity index (χ4n) is 0.987. The summed E-state index contributed by atoms with van der Waals surface area (Å²) in [6.45, 7) is 0. The van der Waals surface area contributed by atoms with Gasteiger partial charge < -0.3 is 5.41 Å². The zero-order valence-corrected chi connectivity index (χ0v) is 7.64. The third-order valence-electron chi connectivity index (χ3n) is 1.78. The Balaban J connectivity index is 2.70. The summed E-state index contributed by atoms with van der Waals surface area (Å²) in [6.07, 6.45) is -5.63. The smallest absolute Gasteiger partial charge is 0.300 e. The summed E-state index contributed by atoms with van der Waals surface area (Å²) in [6, 6.07) is 7.62. The molecule has 0 amide bonds. The van der Waals surface area contributed by atoms with Crippen LogP contribution in [0.5, 0.6) is 0 Å². The maximum atomic E-state index is 11.9. The third kappa shape index (κ3) is 3.19. The van der Waals surface area contributed by atoms with Crippen LogP contribution in [0.4, 0.5) is 13.2 Å². The molecule has 0 radical (unpaired) electrons. The van der Waals surface area contributed by atoms with Gasteiger partial charge in [-0.05, 0) is 0 Å². The first-order chi connectivity index (χ1) is 6.91. The summed E-state index contributed by atoms with van der Waals surface area (Å²) in [5.74, 6) is -0.696. The minimum absolute atomic E-state index is 0.187. The fraction of sp³-hybridized carbons (Fsp3) is 0.200. The largest absolute Gasteiger partial charge is 0.429 e. The predicted octanol–water partition coefficient (Wildman–Crippen LogP) is 2.84. The van der Waals surface area contributed by atoms with Crippen molar-refractivity contribution in [2.45, 2.75) is 12.6 Å². The first kappa shape index (κ1) is 11.4. The molecule has 1 aromatic carbocycles. The van der Waals surface area contributed by atoms with E-state index in [9.17, 15) is 18.0 Å². The molecule has 0 aliphatic carbocycles. The lowest BCUT2D eigenvalue weighted by molar-refractivity contribution is -0.0609. The Bertz CT molecular complexity index is 370. The van der Waals surface area contributed by atoms with E-state index in [-0.39, 0.29) is 5.56 Å². The van der Waals surface area contributed by atoms with Crippen molar-refractivity contribution in [1.82, 2.24) is 0 Å². The van der Waals surface area contributed by atoms with E-state index in [4.69, 9.17) is 5.41 Å². The second-order valence-electron chi connectivity index (χ2n) is 2.94. The van der Waals surface area contributed by atoms with Gasteiger partial charge in [0.1, 0.15) is 5.71 Å². The Hall–Kier alpha value is -1.65. The zero-order valence-electron chi connectivity index (χ0n) is 7.64. The molecule has 2 nitrogen and oxygen atoms in total. The molecule has 0 aliphatic rings. The second kappa shape index (κ2) is 4.25. The first-order valence-corrected chi connectivity index (χ1v) is 4.14. The number of benzene rings is 1. The number of nitrogens with one attached hydrogen (secondary N) is 1. The van der Waals surface area contributed by atoms with Gasteiger partial charge in [-0.3, -0.25) is 4.79 Å². The molecule has 0 heterocycles. The van der Waals surface area contributed by atoms with Crippen molar-refractivity contribution >= 4 is 11.5 Å². The van der Waals surface area contributed by atoms with Gasteiger partial charge in [0.2, 0.25) is 0 Å². The zero-order chi connectivity index (χ0) is 11.5. The topological polar surface area (TPSA) is 40.9 Å². The molecule has 0 saturated carbocycles. The van der Waals surface area contributed by atoms with Gasteiger partial charge in [0.25, 0.3) is 0 Å². The van der Waals surface area contributed by atoms with Gasteiger partial charge in [0.05, 0.1) is 6.42 Å². The maximum Gasteiger partial charge on any atom is 0.429 e. The van der Waals surface area contributed by atoms with Crippen LogP contribution in [0, 0.1) is 5.41 Å². The highest BCUT2D eigenvalue weighted by Gasteiger charge is 2.35. The highest BCUT2D eigenvalue weighted by Crippen LogP contribution is 2.19. The summed E-state index contributed by atoms with van der Waals surface area (Å²) < 4.78 is 35.8. The molecule has 0 spiro atoms. The van der Waals surface area contributed by atoms with Crippen LogP contribution in [-0.2, 0) is 0 Å². The molecular weight excluding hydrogens is 207 g/mol. The Labute approximate surface area is 84.2 Å². The highest BCUT2D eigenvalue weighted by atomic mass is 19.4.